The second kappa shape index (κ2) is 3.49. The van der Waals surface area contributed by atoms with Crippen LogP contribution in [0.1, 0.15) is 25.7 Å². The van der Waals surface area contributed by atoms with Crippen LogP contribution in [0.3, 0.4) is 0 Å². The average Bonchev–Trinajstić information content (AvgIpc) is 2.31. The van der Waals surface area contributed by atoms with E-state index in [0.29, 0.717) is 6.29 Å². The van der Waals surface area contributed by atoms with Gasteiger partial charge in [-0.15, -0.1) is 0 Å². The summed E-state index contributed by atoms with van der Waals surface area (Å²) in [7, 11) is 0. The van der Waals surface area contributed by atoms with E-state index in [4.69, 9.17) is 5.53 Å². The number of Topliss-reactive ketones (excluding diaryl/α,β-unsaturated/α-hetero) is 2. The third-order valence-electron chi connectivity index (χ3n) is 3.80. The largest absolute Gasteiger partial charge is 0.302 e. The normalized spacial score (nSPS) is 35.3. The van der Waals surface area contributed by atoms with Crippen molar-refractivity contribution in [1.29, 1.82) is 0 Å². The fourth-order valence-electron chi connectivity index (χ4n) is 2.60. The summed E-state index contributed by atoms with van der Waals surface area (Å²) in [6, 6.07) is 0. The molecule has 0 spiro atoms. The van der Waals surface area contributed by atoms with Crippen LogP contribution in [0, 0.1) is 10.8 Å². The molecule has 3 fully saturated rings. The van der Waals surface area contributed by atoms with Crippen LogP contribution in [0.5, 0.6) is 0 Å². The van der Waals surface area contributed by atoms with E-state index in [1.165, 1.54) is 0 Å². The molecule has 2 bridgehead atoms. The lowest BCUT2D eigenvalue weighted by Gasteiger charge is -2.46. The van der Waals surface area contributed by atoms with E-state index in [0.717, 1.165) is 0 Å². The molecule has 2 unspecified atom stereocenters. The fourth-order valence-corrected chi connectivity index (χ4v) is 2.60. The summed E-state index contributed by atoms with van der Waals surface area (Å²) >= 11 is 0. The molecule has 0 saturated heterocycles. The molecule has 88 valence electrons. The molecule has 7 nitrogen and oxygen atoms in total. The monoisotopic (exact) mass is 235 g/mol. The summed E-state index contributed by atoms with van der Waals surface area (Å²) in [5, 5.41) is 2.93. The standard InChI is InChI=1S/C10H9N3O4/c11-13-12-8(17)10-2-1-9(5-14,3-7(10)16)6(15)4-10/h5H,1-4H2. The van der Waals surface area contributed by atoms with Gasteiger partial charge in [0.15, 0.2) is 0 Å². The molecule has 2 atom stereocenters. The number of amides is 1. The zero-order valence-electron chi connectivity index (χ0n) is 8.88. The Balaban J connectivity index is 2.45. The lowest BCUT2D eigenvalue weighted by atomic mass is 9.52. The Morgan fingerprint density at radius 3 is 2.47 bits per heavy atom. The maximum absolute atomic E-state index is 11.9. The number of carbonyl (C=O) groups excluding carboxylic acids is 4. The Morgan fingerprint density at radius 2 is 2.00 bits per heavy atom. The number of hydrogen-bond acceptors (Lipinski definition) is 4. The topological polar surface area (TPSA) is 117 Å². The quantitative estimate of drug-likeness (QED) is 0.230. The number of hydrogen-bond donors (Lipinski definition) is 0. The number of carbonyl (C=O) groups is 4. The number of fused-ring (bicyclic) bond motifs is 3. The minimum absolute atomic E-state index is 0.105. The molecule has 0 aromatic carbocycles. The second-order valence-corrected chi connectivity index (χ2v) is 4.55. The summed E-state index contributed by atoms with van der Waals surface area (Å²) in [6.45, 7) is 0. The fraction of sp³-hybridized carbons (Fsp3) is 0.600. The van der Waals surface area contributed by atoms with Gasteiger partial charge in [0.2, 0.25) is 5.91 Å². The molecule has 0 aromatic rings. The van der Waals surface area contributed by atoms with Gasteiger partial charge >= 0.3 is 0 Å². The maximum Gasteiger partial charge on any atom is 0.232 e. The number of azide groups is 1. The van der Waals surface area contributed by atoms with E-state index >= 15 is 0 Å². The lowest BCUT2D eigenvalue weighted by Crippen LogP contribution is -2.57. The zero-order chi connectivity index (χ0) is 12.7. The van der Waals surface area contributed by atoms with Crippen molar-refractivity contribution in [3.05, 3.63) is 10.4 Å². The Labute approximate surface area is 95.8 Å². The first kappa shape index (κ1) is 11.5. The molecule has 0 N–H and O–H groups in total. The smallest absolute Gasteiger partial charge is 0.232 e. The van der Waals surface area contributed by atoms with Crippen molar-refractivity contribution < 1.29 is 19.2 Å². The van der Waals surface area contributed by atoms with Crippen LogP contribution in [0.4, 0.5) is 0 Å². The van der Waals surface area contributed by atoms with Gasteiger partial charge in [-0.2, -0.15) is 0 Å². The van der Waals surface area contributed by atoms with E-state index in [9.17, 15) is 19.2 Å². The van der Waals surface area contributed by atoms with Gasteiger partial charge < -0.3 is 4.79 Å². The van der Waals surface area contributed by atoms with Gasteiger partial charge in [-0.1, -0.05) is 0 Å². The molecule has 3 saturated carbocycles. The van der Waals surface area contributed by atoms with Crippen LogP contribution in [-0.2, 0) is 19.2 Å². The Hall–Kier alpha value is -2.01. The molecule has 1 amide bonds. The van der Waals surface area contributed by atoms with Gasteiger partial charge in [-0.3, -0.25) is 14.4 Å². The van der Waals surface area contributed by atoms with Crippen molar-refractivity contribution in [3.63, 3.8) is 0 Å². The molecule has 3 aliphatic carbocycles. The Morgan fingerprint density at radius 1 is 1.29 bits per heavy atom. The molecule has 3 aliphatic rings. The average molecular weight is 235 g/mol. The first-order valence-electron chi connectivity index (χ1n) is 5.13. The van der Waals surface area contributed by atoms with Crippen molar-refractivity contribution >= 4 is 23.8 Å². The van der Waals surface area contributed by atoms with E-state index in [2.05, 4.69) is 10.0 Å². The first-order valence-corrected chi connectivity index (χ1v) is 5.13. The minimum atomic E-state index is -1.51. The number of rotatable bonds is 2. The van der Waals surface area contributed by atoms with Crippen LogP contribution in [-0.4, -0.2) is 23.8 Å². The van der Waals surface area contributed by atoms with Gasteiger partial charge in [-0.05, 0) is 23.5 Å². The summed E-state index contributed by atoms with van der Waals surface area (Å²) in [6.07, 6.45) is 0.223. The van der Waals surface area contributed by atoms with Crippen LogP contribution in [0.25, 0.3) is 10.4 Å². The number of ketones is 2. The SMILES string of the molecule is [N-]=[N+]=NC(=O)C12CCC(C=O)(CC1=O)C(=O)C2. The van der Waals surface area contributed by atoms with E-state index in [1.807, 2.05) is 0 Å². The molecule has 7 heteroatoms. The van der Waals surface area contributed by atoms with Crippen LogP contribution >= 0.6 is 0 Å². The molecule has 0 aliphatic heterocycles. The third-order valence-corrected chi connectivity index (χ3v) is 3.80. The highest BCUT2D eigenvalue weighted by Crippen LogP contribution is 2.52. The van der Waals surface area contributed by atoms with Crippen molar-refractivity contribution in [3.8, 4) is 0 Å². The molecule has 0 radical (unpaired) electrons. The van der Waals surface area contributed by atoms with E-state index in [1.54, 1.807) is 0 Å². The number of aldehydes is 1. The molecular weight excluding hydrogens is 226 g/mol. The zero-order valence-corrected chi connectivity index (χ0v) is 8.88. The van der Waals surface area contributed by atoms with Gasteiger partial charge in [0.1, 0.15) is 23.3 Å². The predicted octanol–water partition coefficient (Wildman–Crippen LogP) is 0.721. The van der Waals surface area contributed by atoms with E-state index in [-0.39, 0.29) is 25.7 Å². The molecule has 17 heavy (non-hydrogen) atoms. The van der Waals surface area contributed by atoms with Gasteiger partial charge in [0.05, 0.1) is 5.41 Å². The lowest BCUT2D eigenvalue weighted by molar-refractivity contribution is -0.164. The van der Waals surface area contributed by atoms with Gasteiger partial charge in [0, 0.05) is 17.8 Å². The molecule has 0 aromatic heterocycles. The van der Waals surface area contributed by atoms with Crippen LogP contribution in [0.2, 0.25) is 0 Å². The molecule has 0 heterocycles. The van der Waals surface area contributed by atoms with Crippen molar-refractivity contribution in [1.82, 2.24) is 0 Å². The third kappa shape index (κ3) is 1.32. The van der Waals surface area contributed by atoms with Crippen LogP contribution < -0.4 is 0 Å². The highest BCUT2D eigenvalue weighted by Gasteiger charge is 2.62. The van der Waals surface area contributed by atoms with Gasteiger partial charge in [0.25, 0.3) is 0 Å². The maximum atomic E-state index is 11.9. The van der Waals surface area contributed by atoms with E-state index < -0.39 is 28.3 Å². The Kier molecular flexibility index (Phi) is 2.36. The summed E-state index contributed by atoms with van der Waals surface area (Å²) in [5.41, 5.74) is 5.48. The number of nitrogens with zero attached hydrogens (tertiary/aromatic N) is 3. The summed E-state index contributed by atoms with van der Waals surface area (Å²) in [5.74, 6) is -1.77. The van der Waals surface area contributed by atoms with Crippen LogP contribution in [0.15, 0.2) is 5.11 Å². The van der Waals surface area contributed by atoms with Crippen molar-refractivity contribution in [2.45, 2.75) is 25.7 Å². The summed E-state index contributed by atoms with van der Waals surface area (Å²) < 4.78 is 0. The van der Waals surface area contributed by atoms with Crippen molar-refractivity contribution in [2.24, 2.45) is 15.9 Å². The molecular formula is C10H9N3O4. The van der Waals surface area contributed by atoms with Crippen molar-refractivity contribution in [2.75, 3.05) is 0 Å². The molecule has 3 rings (SSSR count). The summed E-state index contributed by atoms with van der Waals surface area (Å²) in [4.78, 5) is 48.6. The predicted molar refractivity (Wildman–Crippen MR) is 53.6 cm³/mol. The van der Waals surface area contributed by atoms with Gasteiger partial charge in [-0.25, -0.2) is 0 Å². The Bertz CT molecular complexity index is 494. The second-order valence-electron chi connectivity index (χ2n) is 4.55. The highest BCUT2D eigenvalue weighted by atomic mass is 16.2. The first-order chi connectivity index (χ1) is 8.00. The highest BCUT2D eigenvalue weighted by molar-refractivity contribution is 6.18. The minimum Gasteiger partial charge on any atom is -0.302 e.